The number of primary amides is 1. The van der Waals surface area contributed by atoms with Gasteiger partial charge in [0.1, 0.15) is 0 Å². The molecule has 3 aromatic rings. The van der Waals surface area contributed by atoms with Gasteiger partial charge in [-0.1, -0.05) is 18.5 Å². The molecule has 0 aliphatic rings. The summed E-state index contributed by atoms with van der Waals surface area (Å²) in [4.78, 5) is 21.6. The molecule has 128 valence electrons. The van der Waals surface area contributed by atoms with Gasteiger partial charge in [0.05, 0.1) is 17.0 Å². The Balaban J connectivity index is 2.22. The maximum absolute atomic E-state index is 12.0. The molecule has 0 radical (unpaired) electrons. The lowest BCUT2D eigenvalue weighted by Gasteiger charge is -2.11. The molecule has 0 saturated heterocycles. The lowest BCUT2D eigenvalue weighted by molar-refractivity contribution is 0.100. The highest BCUT2D eigenvalue weighted by atomic mass is 35.5. The fourth-order valence-electron chi connectivity index (χ4n) is 2.74. The molecule has 0 bridgehead atoms. The number of carbonyl (C=O) groups is 1. The molecule has 2 heterocycles. The fraction of sp³-hybridized carbons (Fsp3) is 0.167. The molecule has 0 saturated carbocycles. The van der Waals surface area contributed by atoms with Crippen molar-refractivity contribution in [3.8, 4) is 22.8 Å². The molecule has 0 aliphatic heterocycles. The van der Waals surface area contributed by atoms with Gasteiger partial charge in [-0.25, -0.2) is 9.97 Å². The van der Waals surface area contributed by atoms with Crippen LogP contribution in [0.1, 0.15) is 17.3 Å². The Bertz CT molecular complexity index is 924. The normalized spacial score (nSPS) is 10.8. The molecular weight excluding hydrogens is 356 g/mol. The van der Waals surface area contributed by atoms with Gasteiger partial charge in [0.25, 0.3) is 5.91 Å². The Morgan fingerprint density at radius 2 is 1.96 bits per heavy atom. The molecule has 2 aromatic heterocycles. The van der Waals surface area contributed by atoms with E-state index >= 15 is 0 Å². The quantitative estimate of drug-likeness (QED) is 0.686. The Kier molecular flexibility index (Phi) is 5.11. The van der Waals surface area contributed by atoms with Crippen LogP contribution in [0.15, 0.2) is 47.6 Å². The summed E-state index contributed by atoms with van der Waals surface area (Å²) in [5.41, 5.74) is 8.29. The smallest absolute Gasteiger partial charge is 0.250 e. The number of nitrogens with zero attached hydrogens (tertiary/aromatic N) is 3. The third-order valence-electron chi connectivity index (χ3n) is 3.75. The highest BCUT2D eigenvalue weighted by Gasteiger charge is 2.21. The lowest BCUT2D eigenvalue weighted by atomic mass is 10.1. The van der Waals surface area contributed by atoms with Crippen LogP contribution in [0.2, 0.25) is 5.02 Å². The number of aromatic nitrogens is 3. The third kappa shape index (κ3) is 3.55. The number of thioether (sulfide) groups is 1. The molecule has 5 nitrogen and oxygen atoms in total. The van der Waals surface area contributed by atoms with Gasteiger partial charge in [0.2, 0.25) is 0 Å². The molecule has 0 unspecified atom stereocenters. The largest absolute Gasteiger partial charge is 0.366 e. The van der Waals surface area contributed by atoms with Gasteiger partial charge in [-0.05, 0) is 36.1 Å². The molecule has 0 fully saturated rings. The van der Waals surface area contributed by atoms with Crippen molar-refractivity contribution in [2.45, 2.75) is 11.8 Å². The van der Waals surface area contributed by atoms with E-state index in [1.807, 2.05) is 29.8 Å². The molecule has 0 aliphatic carbocycles. The van der Waals surface area contributed by atoms with Gasteiger partial charge in [-0.2, -0.15) is 0 Å². The van der Waals surface area contributed by atoms with Gasteiger partial charge in [0.15, 0.2) is 5.82 Å². The first-order chi connectivity index (χ1) is 12.0. The highest BCUT2D eigenvalue weighted by Crippen LogP contribution is 2.34. The van der Waals surface area contributed by atoms with Crippen LogP contribution in [0, 0.1) is 0 Å². The number of halogens is 1. The second-order valence-electron chi connectivity index (χ2n) is 5.40. The predicted octanol–water partition coefficient (Wildman–Crippen LogP) is 4.01. The minimum Gasteiger partial charge on any atom is -0.366 e. The predicted molar refractivity (Wildman–Crippen MR) is 102 cm³/mol. The van der Waals surface area contributed by atoms with E-state index in [2.05, 4.69) is 16.9 Å². The molecule has 0 spiro atoms. The van der Waals surface area contributed by atoms with E-state index in [4.69, 9.17) is 17.3 Å². The van der Waals surface area contributed by atoms with Crippen molar-refractivity contribution in [1.82, 2.24) is 14.5 Å². The average Bonchev–Trinajstić information content (AvgIpc) is 2.93. The minimum absolute atomic E-state index is 0.416. The van der Waals surface area contributed by atoms with Crippen LogP contribution in [-0.2, 0) is 7.05 Å². The van der Waals surface area contributed by atoms with Crippen LogP contribution < -0.4 is 5.73 Å². The Morgan fingerprint density at radius 3 is 2.60 bits per heavy atom. The average molecular weight is 373 g/mol. The summed E-state index contributed by atoms with van der Waals surface area (Å²) >= 11 is 7.97. The first-order valence-corrected chi connectivity index (χ1v) is 9.08. The lowest BCUT2D eigenvalue weighted by Crippen LogP contribution is -2.11. The van der Waals surface area contributed by atoms with Crippen LogP contribution in [0.25, 0.3) is 22.8 Å². The number of hydrogen-bond acceptors (Lipinski definition) is 4. The summed E-state index contributed by atoms with van der Waals surface area (Å²) in [7, 11) is 1.86. The molecule has 1 amide bonds. The van der Waals surface area contributed by atoms with Crippen LogP contribution in [0.4, 0.5) is 0 Å². The summed E-state index contributed by atoms with van der Waals surface area (Å²) < 4.78 is 1.88. The summed E-state index contributed by atoms with van der Waals surface area (Å²) in [5, 5.41) is 0.614. The Morgan fingerprint density at radius 1 is 1.24 bits per heavy atom. The van der Waals surface area contributed by atoms with Crippen molar-refractivity contribution >= 4 is 29.3 Å². The maximum atomic E-state index is 12.0. The standard InChI is InChI=1S/C18H17ClN4OS/c1-3-25-13-8-11(7-12(19)9-13)16-14(17(20)24)10-15(23(16)2)18-21-5-4-6-22-18/h4-10H,3H2,1-2H3,(H2,20,24). The van der Waals surface area contributed by atoms with E-state index in [0.717, 1.165) is 16.2 Å². The molecule has 0 atom stereocenters. The zero-order chi connectivity index (χ0) is 18.0. The van der Waals surface area contributed by atoms with E-state index < -0.39 is 5.91 Å². The zero-order valence-corrected chi connectivity index (χ0v) is 15.4. The van der Waals surface area contributed by atoms with Crippen molar-refractivity contribution < 1.29 is 4.79 Å². The van der Waals surface area contributed by atoms with E-state index in [1.54, 1.807) is 36.3 Å². The number of rotatable bonds is 5. The topological polar surface area (TPSA) is 73.8 Å². The molecule has 3 rings (SSSR count). The molecule has 25 heavy (non-hydrogen) atoms. The van der Waals surface area contributed by atoms with Gasteiger partial charge >= 0.3 is 0 Å². The highest BCUT2D eigenvalue weighted by molar-refractivity contribution is 7.99. The third-order valence-corrected chi connectivity index (χ3v) is 4.82. The fourth-order valence-corrected chi connectivity index (χ4v) is 3.79. The number of hydrogen-bond donors (Lipinski definition) is 1. The van der Waals surface area contributed by atoms with Crippen LogP contribution in [0.5, 0.6) is 0 Å². The van der Waals surface area contributed by atoms with E-state index in [-0.39, 0.29) is 0 Å². The van der Waals surface area contributed by atoms with Crippen molar-refractivity contribution in [3.63, 3.8) is 0 Å². The number of benzene rings is 1. The van der Waals surface area contributed by atoms with Crippen molar-refractivity contribution in [2.24, 2.45) is 12.8 Å². The molecule has 7 heteroatoms. The van der Waals surface area contributed by atoms with Crippen LogP contribution in [-0.4, -0.2) is 26.2 Å². The number of amides is 1. The number of nitrogens with two attached hydrogens (primary N) is 1. The maximum Gasteiger partial charge on any atom is 0.250 e. The van der Waals surface area contributed by atoms with Gasteiger partial charge in [0, 0.05) is 34.9 Å². The minimum atomic E-state index is -0.502. The van der Waals surface area contributed by atoms with E-state index in [1.165, 1.54) is 0 Å². The van der Waals surface area contributed by atoms with E-state index in [0.29, 0.717) is 27.8 Å². The zero-order valence-electron chi connectivity index (χ0n) is 13.9. The van der Waals surface area contributed by atoms with E-state index in [9.17, 15) is 4.79 Å². The van der Waals surface area contributed by atoms with Crippen LogP contribution >= 0.6 is 23.4 Å². The van der Waals surface area contributed by atoms with Crippen molar-refractivity contribution in [3.05, 3.63) is 53.3 Å². The monoisotopic (exact) mass is 372 g/mol. The summed E-state index contributed by atoms with van der Waals surface area (Å²) in [6, 6.07) is 9.22. The first-order valence-electron chi connectivity index (χ1n) is 7.72. The number of carbonyl (C=O) groups excluding carboxylic acids is 1. The summed E-state index contributed by atoms with van der Waals surface area (Å²) in [5.74, 6) is 0.958. The second kappa shape index (κ2) is 7.29. The molecule has 2 N–H and O–H groups in total. The SMILES string of the molecule is CCSc1cc(Cl)cc(-c2c(C(N)=O)cc(-c3ncccn3)n2C)c1. The molecular formula is C18H17ClN4OS. The van der Waals surface area contributed by atoms with Gasteiger partial charge in [-0.15, -0.1) is 11.8 Å². The summed E-state index contributed by atoms with van der Waals surface area (Å²) in [6.07, 6.45) is 3.32. The van der Waals surface area contributed by atoms with Gasteiger partial charge < -0.3 is 10.3 Å². The Hall–Kier alpha value is -2.31. The Labute approximate surface area is 155 Å². The first kappa shape index (κ1) is 17.5. The van der Waals surface area contributed by atoms with Crippen LogP contribution in [0.3, 0.4) is 0 Å². The van der Waals surface area contributed by atoms with Crippen molar-refractivity contribution in [2.75, 3.05) is 5.75 Å². The van der Waals surface area contributed by atoms with Gasteiger partial charge in [-0.3, -0.25) is 4.79 Å². The van der Waals surface area contributed by atoms with Crippen molar-refractivity contribution in [1.29, 1.82) is 0 Å². The molecule has 1 aromatic carbocycles. The summed E-state index contributed by atoms with van der Waals surface area (Å²) in [6.45, 7) is 2.08. The second-order valence-corrected chi connectivity index (χ2v) is 7.17.